The zero-order valence-corrected chi connectivity index (χ0v) is 13.0. The van der Waals surface area contributed by atoms with Crippen molar-refractivity contribution in [1.29, 1.82) is 0 Å². The first-order valence-corrected chi connectivity index (χ1v) is 7.58. The minimum atomic E-state index is -0.450. The van der Waals surface area contributed by atoms with E-state index in [1.54, 1.807) is 0 Å². The van der Waals surface area contributed by atoms with Gasteiger partial charge >= 0.3 is 5.97 Å². The van der Waals surface area contributed by atoms with Gasteiger partial charge in [0, 0.05) is 12.0 Å². The van der Waals surface area contributed by atoms with Crippen LogP contribution >= 0.6 is 0 Å². The number of ether oxygens (including phenoxy) is 1. The summed E-state index contributed by atoms with van der Waals surface area (Å²) >= 11 is 0. The molecule has 4 heteroatoms. The minimum Gasteiger partial charge on any atom is -0.460 e. The molecule has 1 fully saturated rings. The van der Waals surface area contributed by atoms with Crippen molar-refractivity contribution in [1.82, 2.24) is 5.48 Å². The number of nitrogens with one attached hydrogen (secondary N) is 1. The summed E-state index contributed by atoms with van der Waals surface area (Å²) in [5.41, 5.74) is 3.16. The first-order valence-electron chi connectivity index (χ1n) is 7.58. The Hall–Kier alpha value is -0.870. The first kappa shape index (κ1) is 15.5. The van der Waals surface area contributed by atoms with Gasteiger partial charge in [-0.05, 0) is 51.9 Å². The number of fused-ring (bicyclic) bond motifs is 1. The molecule has 0 saturated heterocycles. The standard InChI is InChI=1S/C16H27NO3/c1-5-11-6-12-8-16(10-17-19,13(12)7-11)9-14(18)20-15(2,3)4/h7,12-13,17,19H,5-6,8-10H2,1-4H3/t12-,13-,16-/m1/s1. The average Bonchev–Trinajstić information content (AvgIpc) is 2.64. The van der Waals surface area contributed by atoms with Crippen LogP contribution in [0.15, 0.2) is 11.6 Å². The van der Waals surface area contributed by atoms with E-state index in [0.29, 0.717) is 24.8 Å². The fraction of sp³-hybridized carbons (Fsp3) is 0.812. The smallest absolute Gasteiger partial charge is 0.306 e. The average molecular weight is 281 g/mol. The predicted molar refractivity (Wildman–Crippen MR) is 77.3 cm³/mol. The molecule has 2 rings (SSSR count). The number of esters is 1. The molecule has 0 unspecified atom stereocenters. The Bertz CT molecular complexity index is 410. The number of rotatable bonds is 5. The maximum Gasteiger partial charge on any atom is 0.306 e. The van der Waals surface area contributed by atoms with E-state index in [2.05, 4.69) is 18.5 Å². The summed E-state index contributed by atoms with van der Waals surface area (Å²) in [6.45, 7) is 8.29. The second kappa shape index (κ2) is 5.49. The molecule has 2 aliphatic rings. The topological polar surface area (TPSA) is 58.6 Å². The molecule has 0 aromatic carbocycles. The van der Waals surface area contributed by atoms with Crippen LogP contribution in [0.5, 0.6) is 0 Å². The minimum absolute atomic E-state index is 0.162. The lowest BCUT2D eigenvalue weighted by atomic mass is 9.53. The number of hydrogen-bond acceptors (Lipinski definition) is 4. The van der Waals surface area contributed by atoms with Crippen molar-refractivity contribution in [3.05, 3.63) is 11.6 Å². The highest BCUT2D eigenvalue weighted by atomic mass is 16.6. The quantitative estimate of drug-likeness (QED) is 0.462. The zero-order chi connectivity index (χ0) is 15.0. The van der Waals surface area contributed by atoms with Crippen LogP contribution in [0.2, 0.25) is 0 Å². The molecule has 0 bridgehead atoms. The van der Waals surface area contributed by atoms with Gasteiger partial charge in [-0.2, -0.15) is 0 Å². The van der Waals surface area contributed by atoms with Gasteiger partial charge in [0.05, 0.1) is 6.42 Å². The van der Waals surface area contributed by atoms with Gasteiger partial charge in [-0.15, -0.1) is 0 Å². The Kier molecular flexibility index (Phi) is 4.26. The van der Waals surface area contributed by atoms with Gasteiger partial charge in [-0.1, -0.05) is 18.6 Å². The van der Waals surface area contributed by atoms with Gasteiger partial charge in [-0.25, -0.2) is 5.48 Å². The van der Waals surface area contributed by atoms with Crippen LogP contribution in [0, 0.1) is 17.3 Å². The normalized spacial score (nSPS) is 32.4. The monoisotopic (exact) mass is 281 g/mol. The third-order valence-corrected chi connectivity index (χ3v) is 4.62. The molecular weight excluding hydrogens is 254 g/mol. The van der Waals surface area contributed by atoms with Crippen LogP contribution in [-0.2, 0) is 9.53 Å². The molecule has 3 atom stereocenters. The van der Waals surface area contributed by atoms with Crippen LogP contribution in [0.3, 0.4) is 0 Å². The summed E-state index contributed by atoms with van der Waals surface area (Å²) in [4.78, 5) is 12.1. The Morgan fingerprint density at radius 2 is 2.25 bits per heavy atom. The summed E-state index contributed by atoms with van der Waals surface area (Å²) in [5.74, 6) is 0.898. The van der Waals surface area contributed by atoms with Gasteiger partial charge < -0.3 is 9.94 Å². The van der Waals surface area contributed by atoms with Crippen LogP contribution in [0.1, 0.15) is 53.4 Å². The van der Waals surface area contributed by atoms with E-state index in [1.807, 2.05) is 20.8 Å². The molecule has 2 aliphatic carbocycles. The molecule has 0 spiro atoms. The van der Waals surface area contributed by atoms with Crippen molar-refractivity contribution in [2.75, 3.05) is 6.54 Å². The van der Waals surface area contributed by atoms with E-state index in [4.69, 9.17) is 9.94 Å². The van der Waals surface area contributed by atoms with Crippen molar-refractivity contribution in [2.24, 2.45) is 17.3 Å². The molecule has 114 valence electrons. The molecule has 1 saturated carbocycles. The SMILES string of the molecule is CCC1=C[C@@H]2[C@H](C1)C[C@]2(CNO)CC(=O)OC(C)(C)C. The van der Waals surface area contributed by atoms with E-state index in [-0.39, 0.29) is 11.4 Å². The summed E-state index contributed by atoms with van der Waals surface area (Å²) in [5, 5.41) is 9.13. The maximum atomic E-state index is 12.1. The molecular formula is C16H27NO3. The fourth-order valence-electron chi connectivity index (χ4n) is 3.82. The van der Waals surface area contributed by atoms with Gasteiger partial charge in [0.1, 0.15) is 5.60 Å². The molecule has 0 amide bonds. The predicted octanol–water partition coefficient (Wildman–Crippen LogP) is 3.06. The van der Waals surface area contributed by atoms with Crippen molar-refractivity contribution in [3.63, 3.8) is 0 Å². The molecule has 4 nitrogen and oxygen atoms in total. The fourth-order valence-corrected chi connectivity index (χ4v) is 3.82. The lowest BCUT2D eigenvalue weighted by Crippen LogP contribution is -2.52. The van der Waals surface area contributed by atoms with Crippen LogP contribution in [0.4, 0.5) is 0 Å². The number of hydrogen-bond donors (Lipinski definition) is 2. The highest BCUT2D eigenvalue weighted by molar-refractivity contribution is 5.71. The zero-order valence-electron chi connectivity index (χ0n) is 13.0. The highest BCUT2D eigenvalue weighted by Crippen LogP contribution is 2.59. The molecule has 20 heavy (non-hydrogen) atoms. The van der Waals surface area contributed by atoms with Crippen molar-refractivity contribution < 1.29 is 14.7 Å². The van der Waals surface area contributed by atoms with Crippen molar-refractivity contribution in [3.8, 4) is 0 Å². The third-order valence-electron chi connectivity index (χ3n) is 4.62. The summed E-state index contributed by atoms with van der Waals surface area (Å²) in [6.07, 6.45) is 5.94. The van der Waals surface area contributed by atoms with Gasteiger partial charge in [-0.3, -0.25) is 4.79 Å². The maximum absolute atomic E-state index is 12.1. The third kappa shape index (κ3) is 3.07. The Balaban J connectivity index is 2.05. The van der Waals surface area contributed by atoms with Gasteiger partial charge in [0.2, 0.25) is 0 Å². The van der Waals surface area contributed by atoms with Crippen LogP contribution in [0.25, 0.3) is 0 Å². The number of hydroxylamine groups is 1. The second-order valence-corrected chi connectivity index (χ2v) is 7.33. The molecule has 0 aliphatic heterocycles. The molecule has 0 aromatic rings. The summed E-state index contributed by atoms with van der Waals surface area (Å²) < 4.78 is 5.45. The van der Waals surface area contributed by atoms with E-state index >= 15 is 0 Å². The van der Waals surface area contributed by atoms with E-state index < -0.39 is 5.60 Å². The lowest BCUT2D eigenvalue weighted by Gasteiger charge is -2.52. The van der Waals surface area contributed by atoms with Crippen LogP contribution < -0.4 is 5.48 Å². The van der Waals surface area contributed by atoms with Crippen LogP contribution in [-0.4, -0.2) is 23.3 Å². The highest BCUT2D eigenvalue weighted by Gasteiger charge is 2.55. The molecule has 0 heterocycles. The lowest BCUT2D eigenvalue weighted by molar-refractivity contribution is -0.163. The number of allylic oxidation sites excluding steroid dienone is 2. The first-order chi connectivity index (χ1) is 9.29. The Labute approximate surface area is 121 Å². The van der Waals surface area contributed by atoms with E-state index in [1.165, 1.54) is 5.57 Å². The second-order valence-electron chi connectivity index (χ2n) is 7.33. The molecule has 0 aromatic heterocycles. The summed E-state index contributed by atoms with van der Waals surface area (Å²) in [7, 11) is 0. The van der Waals surface area contributed by atoms with Crippen molar-refractivity contribution in [2.45, 2.75) is 59.0 Å². The summed E-state index contributed by atoms with van der Waals surface area (Å²) in [6, 6.07) is 0. The van der Waals surface area contributed by atoms with E-state index in [9.17, 15) is 4.79 Å². The number of carbonyl (C=O) groups excluding carboxylic acids is 1. The number of carbonyl (C=O) groups is 1. The molecule has 2 N–H and O–H groups in total. The van der Waals surface area contributed by atoms with Gasteiger partial charge in [0.15, 0.2) is 0 Å². The van der Waals surface area contributed by atoms with Crippen molar-refractivity contribution >= 4 is 5.97 Å². The largest absolute Gasteiger partial charge is 0.460 e. The Morgan fingerprint density at radius 1 is 1.55 bits per heavy atom. The van der Waals surface area contributed by atoms with Gasteiger partial charge in [0.25, 0.3) is 0 Å². The Morgan fingerprint density at radius 3 is 2.80 bits per heavy atom. The van der Waals surface area contributed by atoms with E-state index in [0.717, 1.165) is 19.3 Å². The molecule has 0 radical (unpaired) electrons.